The van der Waals surface area contributed by atoms with Crippen LogP contribution in [0.4, 0.5) is 0 Å². The van der Waals surface area contributed by atoms with Crippen LogP contribution in [-0.2, 0) is 3.76 Å². The van der Waals surface area contributed by atoms with Crippen molar-refractivity contribution >= 4 is 13.6 Å². The van der Waals surface area contributed by atoms with E-state index in [1.54, 1.807) is 0 Å². The molecule has 11 heavy (non-hydrogen) atoms. The van der Waals surface area contributed by atoms with Crippen LogP contribution in [0, 0.1) is 12.0 Å². The van der Waals surface area contributed by atoms with Crippen molar-refractivity contribution in [2.75, 3.05) is 0 Å². The summed E-state index contributed by atoms with van der Waals surface area (Å²) in [4.78, 5) is 0. The fourth-order valence-corrected chi connectivity index (χ4v) is 5.85. The summed E-state index contributed by atoms with van der Waals surface area (Å²) in [6.45, 7) is 8.51. The van der Waals surface area contributed by atoms with E-state index in [9.17, 15) is 0 Å². The van der Waals surface area contributed by atoms with E-state index in [1.165, 1.54) is 15.8 Å². The Morgan fingerprint density at radius 2 is 1.55 bits per heavy atom. The van der Waals surface area contributed by atoms with E-state index in [1.807, 2.05) is 6.92 Å². The van der Waals surface area contributed by atoms with Crippen LogP contribution in [0.15, 0.2) is 0 Å². The number of rotatable bonds is 4. The molecule has 0 aliphatic rings. The minimum atomic E-state index is -1.91. The van der Waals surface area contributed by atoms with Gasteiger partial charge in [0.15, 0.2) is 0 Å². The van der Waals surface area contributed by atoms with Crippen LogP contribution < -0.4 is 0 Å². The second-order valence-corrected chi connectivity index (χ2v) is 12.5. The summed E-state index contributed by atoms with van der Waals surface area (Å²) in [5, 5.41) is 3.67. The topological polar surface area (TPSA) is 9.23 Å². The number of hydrogen-bond donors (Lipinski definition) is 0. The molecule has 0 aliphatic heterocycles. The normalized spacial score (nSPS) is 10.2. The van der Waals surface area contributed by atoms with E-state index in [4.69, 9.17) is 3.76 Å². The molecule has 0 bridgehead atoms. The third-order valence-electron chi connectivity index (χ3n) is 2.30. The van der Waals surface area contributed by atoms with E-state index in [2.05, 4.69) is 32.8 Å². The standard InChI is InChI=1S/C9H18GeO/c1-5-9-11-10(6-2,7-3)8-4/h6-8H2,1-4H3. The summed E-state index contributed by atoms with van der Waals surface area (Å²) >= 11 is -1.91. The monoisotopic (exact) mass is 216 g/mol. The number of hydrogen-bond acceptors (Lipinski definition) is 1. The molecule has 0 unspecified atom stereocenters. The molecule has 0 saturated carbocycles. The van der Waals surface area contributed by atoms with E-state index >= 15 is 0 Å². The van der Waals surface area contributed by atoms with Gasteiger partial charge < -0.3 is 0 Å². The van der Waals surface area contributed by atoms with Crippen molar-refractivity contribution in [3.8, 4) is 12.0 Å². The van der Waals surface area contributed by atoms with Gasteiger partial charge in [-0.1, -0.05) is 0 Å². The third-order valence-corrected chi connectivity index (χ3v) is 11.5. The average molecular weight is 215 g/mol. The van der Waals surface area contributed by atoms with Crippen molar-refractivity contribution in [1.29, 1.82) is 0 Å². The molecule has 0 radical (unpaired) electrons. The van der Waals surface area contributed by atoms with Gasteiger partial charge in [-0.05, 0) is 0 Å². The Morgan fingerprint density at radius 1 is 1.09 bits per heavy atom. The van der Waals surface area contributed by atoms with Crippen molar-refractivity contribution in [3.05, 3.63) is 0 Å². The molecule has 0 spiro atoms. The maximum atomic E-state index is 5.65. The first kappa shape index (κ1) is 10.9. The van der Waals surface area contributed by atoms with Crippen LogP contribution in [0.3, 0.4) is 0 Å². The van der Waals surface area contributed by atoms with Crippen LogP contribution >= 0.6 is 0 Å². The fourth-order valence-electron chi connectivity index (χ4n) is 1.13. The molecule has 0 saturated heterocycles. The van der Waals surface area contributed by atoms with Gasteiger partial charge in [0.05, 0.1) is 0 Å². The Balaban J connectivity index is 4.12. The van der Waals surface area contributed by atoms with Gasteiger partial charge >= 0.3 is 72.8 Å². The van der Waals surface area contributed by atoms with Crippen molar-refractivity contribution in [1.82, 2.24) is 0 Å². The van der Waals surface area contributed by atoms with Crippen LogP contribution in [0.5, 0.6) is 0 Å². The zero-order valence-electron chi connectivity index (χ0n) is 8.03. The van der Waals surface area contributed by atoms with Crippen LogP contribution in [0.1, 0.15) is 27.7 Å². The zero-order valence-corrected chi connectivity index (χ0v) is 10.1. The summed E-state index contributed by atoms with van der Waals surface area (Å²) in [5.74, 6) is 2.80. The molecule has 0 amide bonds. The molecular formula is C9H18GeO. The second kappa shape index (κ2) is 5.54. The van der Waals surface area contributed by atoms with Crippen LogP contribution in [0.25, 0.3) is 0 Å². The Bertz CT molecular complexity index is 142. The third kappa shape index (κ3) is 3.20. The summed E-state index contributed by atoms with van der Waals surface area (Å²) in [6, 6.07) is 0. The Kier molecular flexibility index (Phi) is 5.49. The Labute approximate surface area is 73.2 Å². The minimum absolute atomic E-state index is 1.22. The van der Waals surface area contributed by atoms with E-state index < -0.39 is 13.6 Å². The van der Waals surface area contributed by atoms with Crippen molar-refractivity contribution < 1.29 is 3.76 Å². The van der Waals surface area contributed by atoms with Crippen LogP contribution in [0.2, 0.25) is 15.8 Å². The van der Waals surface area contributed by atoms with Gasteiger partial charge in [-0.15, -0.1) is 0 Å². The van der Waals surface area contributed by atoms with Crippen molar-refractivity contribution in [2.24, 2.45) is 0 Å². The van der Waals surface area contributed by atoms with Gasteiger partial charge in [-0.2, -0.15) is 0 Å². The van der Waals surface area contributed by atoms with Gasteiger partial charge in [-0.3, -0.25) is 0 Å². The van der Waals surface area contributed by atoms with Gasteiger partial charge in [0.25, 0.3) is 0 Å². The van der Waals surface area contributed by atoms with Crippen LogP contribution in [-0.4, -0.2) is 13.6 Å². The van der Waals surface area contributed by atoms with Gasteiger partial charge in [0, 0.05) is 0 Å². The molecule has 0 aromatic heterocycles. The molecular weight excluding hydrogens is 197 g/mol. The molecule has 0 rings (SSSR count). The molecule has 2 heteroatoms. The molecule has 0 atom stereocenters. The Hall–Kier alpha value is -0.0971. The first-order chi connectivity index (χ1) is 5.24. The van der Waals surface area contributed by atoms with E-state index in [-0.39, 0.29) is 0 Å². The van der Waals surface area contributed by atoms with Crippen molar-refractivity contribution in [3.63, 3.8) is 0 Å². The predicted molar refractivity (Wildman–Crippen MR) is 51.7 cm³/mol. The Morgan fingerprint density at radius 3 is 1.82 bits per heavy atom. The van der Waals surface area contributed by atoms with Gasteiger partial charge in [0.1, 0.15) is 0 Å². The molecule has 0 N–H and O–H groups in total. The van der Waals surface area contributed by atoms with Crippen molar-refractivity contribution in [2.45, 2.75) is 43.5 Å². The molecule has 1 nitrogen and oxygen atoms in total. The predicted octanol–water partition coefficient (Wildman–Crippen LogP) is 2.99. The first-order valence-electron chi connectivity index (χ1n) is 4.34. The molecule has 0 heterocycles. The molecule has 0 aromatic carbocycles. The van der Waals surface area contributed by atoms with E-state index in [0.29, 0.717) is 0 Å². The molecule has 0 fully saturated rings. The van der Waals surface area contributed by atoms with E-state index in [0.717, 1.165) is 0 Å². The summed E-state index contributed by atoms with van der Waals surface area (Å²) in [5.41, 5.74) is 0. The van der Waals surface area contributed by atoms with Gasteiger partial charge in [-0.25, -0.2) is 0 Å². The first-order valence-corrected chi connectivity index (χ1v) is 9.65. The van der Waals surface area contributed by atoms with Gasteiger partial charge in [0.2, 0.25) is 0 Å². The quantitative estimate of drug-likeness (QED) is 0.517. The summed E-state index contributed by atoms with van der Waals surface area (Å²) in [7, 11) is 0. The molecule has 0 aromatic rings. The average Bonchev–Trinajstić information content (AvgIpc) is 2.08. The SMILES string of the molecule is CC#C[O][Ge]([CH2]C)([CH2]C)[CH2]C. The molecule has 0 aliphatic carbocycles. The maximum absolute atomic E-state index is 5.65. The molecule has 64 valence electrons. The zero-order chi connectivity index (χ0) is 8.74. The second-order valence-electron chi connectivity index (χ2n) is 2.70. The summed E-state index contributed by atoms with van der Waals surface area (Å²) in [6.07, 6.45) is 2.78. The fraction of sp³-hybridized carbons (Fsp3) is 0.778. The summed E-state index contributed by atoms with van der Waals surface area (Å²) < 4.78 is 5.65.